The summed E-state index contributed by atoms with van der Waals surface area (Å²) in [6.45, 7) is 1.97. The van der Waals surface area contributed by atoms with Crippen molar-refractivity contribution in [1.82, 2.24) is 4.90 Å². The van der Waals surface area contributed by atoms with Crippen LogP contribution in [0.2, 0.25) is 0 Å². The quantitative estimate of drug-likeness (QED) is 0.159. The first-order chi connectivity index (χ1) is 18.8. The Balaban J connectivity index is 1.52. The highest BCUT2D eigenvalue weighted by Gasteiger charge is 2.54. The molecule has 39 heavy (non-hydrogen) atoms. The summed E-state index contributed by atoms with van der Waals surface area (Å²) in [4.78, 5) is 38.9. The molecule has 0 bridgehead atoms. The molecule has 9 nitrogen and oxygen atoms in total. The molecule has 2 atom stereocenters. The van der Waals surface area contributed by atoms with E-state index >= 15 is 0 Å². The third-order valence-corrected chi connectivity index (χ3v) is 7.09. The first-order valence-electron chi connectivity index (χ1n) is 12.6. The van der Waals surface area contributed by atoms with E-state index in [4.69, 9.17) is 14.7 Å². The van der Waals surface area contributed by atoms with E-state index < -0.39 is 22.3 Å². The van der Waals surface area contributed by atoms with Gasteiger partial charge in [-0.25, -0.2) is 0 Å². The van der Waals surface area contributed by atoms with Crippen molar-refractivity contribution >= 4 is 17.6 Å². The molecule has 0 unspecified atom stereocenters. The molecule has 0 saturated carbocycles. The molecule has 9 heteroatoms. The SMILES string of the molecule is COC(=O)[C@@]1(C)C[C@@H](COc2ccc(-c3ccc(C#N)cc3)cc2[N+](=O)[O-])N(CCCc2ccccc2)C1=O. The number of nitro groups is 1. The minimum absolute atomic E-state index is 0.0132. The topological polar surface area (TPSA) is 123 Å². The zero-order valence-corrected chi connectivity index (χ0v) is 21.8. The lowest BCUT2D eigenvalue weighted by Gasteiger charge is -2.25. The first-order valence-corrected chi connectivity index (χ1v) is 12.6. The monoisotopic (exact) mass is 527 g/mol. The summed E-state index contributed by atoms with van der Waals surface area (Å²) >= 11 is 0. The van der Waals surface area contributed by atoms with Crippen molar-refractivity contribution in [3.05, 3.63) is 94.0 Å². The van der Waals surface area contributed by atoms with Crippen LogP contribution >= 0.6 is 0 Å². The molecule has 1 saturated heterocycles. The number of benzene rings is 3. The van der Waals surface area contributed by atoms with Gasteiger partial charge in [-0.3, -0.25) is 19.7 Å². The Morgan fingerprint density at radius 3 is 2.46 bits per heavy atom. The van der Waals surface area contributed by atoms with Gasteiger partial charge >= 0.3 is 11.7 Å². The molecule has 4 rings (SSSR count). The number of rotatable bonds is 10. The summed E-state index contributed by atoms with van der Waals surface area (Å²) < 4.78 is 10.9. The summed E-state index contributed by atoms with van der Waals surface area (Å²) in [5, 5.41) is 20.9. The Hall–Kier alpha value is -4.71. The molecule has 1 heterocycles. The van der Waals surface area contributed by atoms with Gasteiger partial charge < -0.3 is 14.4 Å². The van der Waals surface area contributed by atoms with Gasteiger partial charge in [0, 0.05) is 12.6 Å². The van der Waals surface area contributed by atoms with Gasteiger partial charge in [0.25, 0.3) is 0 Å². The van der Waals surface area contributed by atoms with E-state index in [1.165, 1.54) is 19.2 Å². The van der Waals surface area contributed by atoms with E-state index in [0.29, 0.717) is 24.1 Å². The van der Waals surface area contributed by atoms with Crippen LogP contribution in [0.15, 0.2) is 72.8 Å². The molecule has 0 N–H and O–H groups in total. The fourth-order valence-electron chi connectivity index (χ4n) is 4.96. The van der Waals surface area contributed by atoms with E-state index in [2.05, 4.69) is 0 Å². The normalized spacial score (nSPS) is 18.4. The van der Waals surface area contributed by atoms with Gasteiger partial charge in [-0.05, 0) is 61.1 Å². The second kappa shape index (κ2) is 11.8. The average molecular weight is 528 g/mol. The lowest BCUT2D eigenvalue weighted by molar-refractivity contribution is -0.385. The summed E-state index contributed by atoms with van der Waals surface area (Å²) in [5.41, 5.74) is 1.41. The number of carbonyl (C=O) groups is 2. The predicted octanol–water partition coefficient (Wildman–Crippen LogP) is 4.93. The van der Waals surface area contributed by atoms with Crippen LogP contribution in [-0.4, -0.2) is 48.0 Å². The molecule has 0 spiro atoms. The van der Waals surface area contributed by atoms with Gasteiger partial charge in [0.1, 0.15) is 12.0 Å². The number of aryl methyl sites for hydroxylation is 1. The Labute approximate surface area is 226 Å². The van der Waals surface area contributed by atoms with E-state index in [-0.39, 0.29) is 30.4 Å². The van der Waals surface area contributed by atoms with Crippen LogP contribution < -0.4 is 4.74 Å². The van der Waals surface area contributed by atoms with E-state index in [1.807, 2.05) is 36.4 Å². The van der Waals surface area contributed by atoms with Crippen molar-refractivity contribution < 1.29 is 24.0 Å². The standard InChI is InChI=1S/C30H29N3O6/c1-30(29(35)38-2)18-25(32(28(30)34)16-6-9-21-7-4-3-5-8-21)20-39-27-15-14-24(17-26(27)33(36)37)23-12-10-22(19-31)11-13-23/h3-5,7-8,10-15,17,25H,6,9,16,18,20H2,1-2H3/t25-,30-/m0/s1. The third-order valence-electron chi connectivity index (χ3n) is 7.09. The maximum atomic E-state index is 13.4. The largest absolute Gasteiger partial charge is 0.485 e. The summed E-state index contributed by atoms with van der Waals surface area (Å²) in [7, 11) is 1.25. The van der Waals surface area contributed by atoms with Crippen molar-refractivity contribution in [3.63, 3.8) is 0 Å². The van der Waals surface area contributed by atoms with E-state index in [1.54, 1.807) is 42.2 Å². The molecule has 1 amide bonds. The molecular formula is C30H29N3O6. The van der Waals surface area contributed by atoms with Crippen LogP contribution in [0, 0.1) is 26.9 Å². The predicted molar refractivity (Wildman–Crippen MR) is 144 cm³/mol. The van der Waals surface area contributed by atoms with Gasteiger partial charge in [-0.2, -0.15) is 5.26 Å². The number of hydrogen-bond donors (Lipinski definition) is 0. The minimum Gasteiger partial charge on any atom is -0.485 e. The number of esters is 1. The molecule has 3 aromatic carbocycles. The Morgan fingerprint density at radius 2 is 1.82 bits per heavy atom. The molecule has 3 aromatic rings. The lowest BCUT2D eigenvalue weighted by atomic mass is 9.87. The first kappa shape index (κ1) is 27.3. The lowest BCUT2D eigenvalue weighted by Crippen LogP contribution is -2.41. The summed E-state index contributed by atoms with van der Waals surface area (Å²) in [6, 6.07) is 22.9. The van der Waals surface area contributed by atoms with Gasteiger partial charge in [-0.1, -0.05) is 48.5 Å². The Morgan fingerprint density at radius 1 is 1.13 bits per heavy atom. The van der Waals surface area contributed by atoms with Crippen molar-refractivity contribution in [3.8, 4) is 22.9 Å². The van der Waals surface area contributed by atoms with Crippen LogP contribution in [0.5, 0.6) is 5.75 Å². The molecule has 1 aliphatic heterocycles. The fraction of sp³-hybridized carbons (Fsp3) is 0.300. The third kappa shape index (κ3) is 5.91. The highest BCUT2D eigenvalue weighted by molar-refractivity contribution is 6.04. The number of ether oxygens (including phenoxy) is 2. The molecule has 1 aliphatic rings. The maximum absolute atomic E-state index is 13.4. The van der Waals surface area contributed by atoms with Crippen LogP contribution in [0.4, 0.5) is 5.69 Å². The molecule has 200 valence electrons. The zero-order chi connectivity index (χ0) is 28.0. The number of amides is 1. The molecule has 0 radical (unpaired) electrons. The average Bonchev–Trinajstić information content (AvgIpc) is 3.21. The minimum atomic E-state index is -1.35. The second-order valence-corrected chi connectivity index (χ2v) is 9.71. The number of nitro benzene ring substituents is 1. The summed E-state index contributed by atoms with van der Waals surface area (Å²) in [5.74, 6) is -0.872. The van der Waals surface area contributed by atoms with Gasteiger partial charge in [0.2, 0.25) is 5.91 Å². The smallest absolute Gasteiger partial charge is 0.321 e. The zero-order valence-electron chi connectivity index (χ0n) is 21.8. The van der Waals surface area contributed by atoms with Crippen molar-refractivity contribution in [1.29, 1.82) is 5.26 Å². The van der Waals surface area contributed by atoms with E-state index in [0.717, 1.165) is 17.5 Å². The maximum Gasteiger partial charge on any atom is 0.321 e. The Kier molecular flexibility index (Phi) is 8.25. The number of nitriles is 1. The molecular weight excluding hydrogens is 498 g/mol. The summed E-state index contributed by atoms with van der Waals surface area (Å²) in [6.07, 6.45) is 1.62. The Bertz CT molecular complexity index is 1400. The second-order valence-electron chi connectivity index (χ2n) is 9.71. The van der Waals surface area contributed by atoms with Crippen molar-refractivity contribution in [2.75, 3.05) is 20.3 Å². The van der Waals surface area contributed by atoms with Crippen molar-refractivity contribution in [2.45, 2.75) is 32.2 Å². The van der Waals surface area contributed by atoms with Crippen molar-refractivity contribution in [2.24, 2.45) is 5.41 Å². The van der Waals surface area contributed by atoms with Crippen LogP contribution in [-0.2, 0) is 20.7 Å². The van der Waals surface area contributed by atoms with Gasteiger partial charge in [0.05, 0.1) is 29.7 Å². The molecule has 1 fully saturated rings. The number of hydrogen-bond acceptors (Lipinski definition) is 7. The number of methoxy groups -OCH3 is 1. The number of likely N-dealkylation sites (tertiary alicyclic amines) is 1. The van der Waals surface area contributed by atoms with Gasteiger partial charge in [0.15, 0.2) is 5.75 Å². The fourth-order valence-corrected chi connectivity index (χ4v) is 4.96. The highest BCUT2D eigenvalue weighted by atomic mass is 16.6. The number of carbonyl (C=O) groups excluding carboxylic acids is 2. The molecule has 0 aromatic heterocycles. The number of nitrogens with zero attached hydrogens (tertiary/aromatic N) is 3. The van der Waals surface area contributed by atoms with Crippen LogP contribution in [0.1, 0.15) is 30.9 Å². The molecule has 0 aliphatic carbocycles. The van der Waals surface area contributed by atoms with E-state index in [9.17, 15) is 19.7 Å². The van der Waals surface area contributed by atoms with Crippen LogP contribution in [0.3, 0.4) is 0 Å². The van der Waals surface area contributed by atoms with Gasteiger partial charge in [-0.15, -0.1) is 0 Å². The highest BCUT2D eigenvalue weighted by Crippen LogP contribution is 2.39. The van der Waals surface area contributed by atoms with Crippen LogP contribution in [0.25, 0.3) is 11.1 Å².